The molecule has 1 unspecified atom stereocenters. The summed E-state index contributed by atoms with van der Waals surface area (Å²) in [6.07, 6.45) is 4.31. The summed E-state index contributed by atoms with van der Waals surface area (Å²) in [6.45, 7) is 0.547. The lowest BCUT2D eigenvalue weighted by molar-refractivity contribution is -0.137. The molecular formula is C26H25F3O4. The lowest BCUT2D eigenvalue weighted by Gasteiger charge is -2.21. The second-order valence-electron chi connectivity index (χ2n) is 8.39. The van der Waals surface area contributed by atoms with Crippen LogP contribution in [0.1, 0.15) is 54.9 Å². The number of aliphatic hydroxyl groups excluding tert-OH is 1. The van der Waals surface area contributed by atoms with Gasteiger partial charge in [0.2, 0.25) is 5.43 Å². The summed E-state index contributed by atoms with van der Waals surface area (Å²) < 4.78 is 49.8. The van der Waals surface area contributed by atoms with Gasteiger partial charge in [-0.25, -0.2) is 0 Å². The summed E-state index contributed by atoms with van der Waals surface area (Å²) in [4.78, 5) is 13.1. The molecule has 0 spiro atoms. The molecule has 0 saturated heterocycles. The van der Waals surface area contributed by atoms with Gasteiger partial charge in [-0.05, 0) is 54.7 Å². The van der Waals surface area contributed by atoms with E-state index in [-0.39, 0.29) is 16.6 Å². The monoisotopic (exact) mass is 458 g/mol. The Hall–Kier alpha value is -3.06. The highest BCUT2D eigenvalue weighted by Gasteiger charge is 2.30. The first-order chi connectivity index (χ1) is 15.8. The van der Waals surface area contributed by atoms with E-state index in [0.29, 0.717) is 29.2 Å². The predicted molar refractivity (Wildman–Crippen MR) is 120 cm³/mol. The Balaban J connectivity index is 1.54. The Morgan fingerprint density at radius 2 is 1.82 bits per heavy atom. The Morgan fingerprint density at radius 1 is 1.09 bits per heavy atom. The molecule has 4 nitrogen and oxygen atoms in total. The van der Waals surface area contributed by atoms with E-state index in [1.54, 1.807) is 18.2 Å². The molecule has 4 rings (SSSR count). The molecule has 1 aliphatic carbocycles. The predicted octanol–water partition coefficient (Wildman–Crippen LogP) is 6.52. The van der Waals surface area contributed by atoms with Crippen molar-refractivity contribution in [3.05, 3.63) is 81.7 Å². The van der Waals surface area contributed by atoms with Crippen LogP contribution in [-0.4, -0.2) is 11.7 Å². The van der Waals surface area contributed by atoms with Crippen molar-refractivity contribution < 1.29 is 27.4 Å². The van der Waals surface area contributed by atoms with E-state index in [1.165, 1.54) is 49.8 Å². The average Bonchev–Trinajstić information content (AvgIpc) is 2.82. The van der Waals surface area contributed by atoms with Crippen molar-refractivity contribution in [2.75, 3.05) is 6.61 Å². The van der Waals surface area contributed by atoms with E-state index >= 15 is 0 Å². The van der Waals surface area contributed by atoms with Gasteiger partial charge in [-0.3, -0.25) is 4.79 Å². The molecule has 174 valence electrons. The molecule has 0 aliphatic heterocycles. The fourth-order valence-electron chi connectivity index (χ4n) is 4.13. The first kappa shape index (κ1) is 23.1. The van der Waals surface area contributed by atoms with Gasteiger partial charge in [-0.1, -0.05) is 43.5 Å². The van der Waals surface area contributed by atoms with E-state index in [4.69, 9.17) is 9.15 Å². The zero-order valence-electron chi connectivity index (χ0n) is 18.0. The number of fused-ring (bicyclic) bond motifs is 1. The van der Waals surface area contributed by atoms with Crippen molar-refractivity contribution in [1.82, 2.24) is 0 Å². The van der Waals surface area contributed by atoms with Gasteiger partial charge < -0.3 is 14.3 Å². The fourth-order valence-corrected chi connectivity index (χ4v) is 4.13. The van der Waals surface area contributed by atoms with Crippen molar-refractivity contribution in [3.63, 3.8) is 0 Å². The quantitative estimate of drug-likeness (QED) is 0.457. The van der Waals surface area contributed by atoms with Gasteiger partial charge in [0.15, 0.2) is 0 Å². The minimum Gasteiger partial charge on any atom is -0.492 e. The average molecular weight is 458 g/mol. The number of halogens is 3. The largest absolute Gasteiger partial charge is 0.492 e. The molecule has 1 aromatic heterocycles. The van der Waals surface area contributed by atoms with Crippen molar-refractivity contribution in [2.45, 2.75) is 44.4 Å². The molecule has 1 fully saturated rings. The Kier molecular flexibility index (Phi) is 6.88. The van der Waals surface area contributed by atoms with Crippen LogP contribution in [-0.2, 0) is 6.18 Å². The topological polar surface area (TPSA) is 59.7 Å². The zero-order valence-corrected chi connectivity index (χ0v) is 18.0. The van der Waals surface area contributed by atoms with Crippen LogP contribution in [0.5, 0.6) is 5.75 Å². The Bertz CT molecular complexity index is 1170. The fraction of sp³-hybridized carbons (Fsp3) is 0.346. The van der Waals surface area contributed by atoms with Crippen LogP contribution in [0.15, 0.2) is 64.0 Å². The molecule has 1 saturated carbocycles. The second-order valence-corrected chi connectivity index (χ2v) is 8.39. The highest BCUT2D eigenvalue weighted by Crippen LogP contribution is 2.30. The summed E-state index contributed by atoms with van der Waals surface area (Å²) in [7, 11) is 0. The van der Waals surface area contributed by atoms with Crippen molar-refractivity contribution in [3.8, 4) is 5.75 Å². The normalized spacial score (nSPS) is 16.4. The molecule has 2 aromatic carbocycles. The van der Waals surface area contributed by atoms with Crippen LogP contribution in [0.3, 0.4) is 0 Å². The minimum atomic E-state index is -4.44. The molecule has 1 heterocycles. The molecule has 3 aromatic rings. The number of hydrogen-bond acceptors (Lipinski definition) is 4. The Morgan fingerprint density at radius 3 is 2.52 bits per heavy atom. The number of ether oxygens (including phenoxy) is 1. The second kappa shape index (κ2) is 9.83. The van der Waals surface area contributed by atoms with Crippen molar-refractivity contribution in [1.29, 1.82) is 0 Å². The van der Waals surface area contributed by atoms with Crippen LogP contribution in [0.25, 0.3) is 17.0 Å². The molecule has 0 amide bonds. The first-order valence-electron chi connectivity index (χ1n) is 11.0. The summed E-state index contributed by atoms with van der Waals surface area (Å²) >= 11 is 0. The molecule has 1 N–H and O–H groups in total. The van der Waals surface area contributed by atoms with Crippen molar-refractivity contribution >= 4 is 17.0 Å². The van der Waals surface area contributed by atoms with Gasteiger partial charge in [0.25, 0.3) is 0 Å². The minimum absolute atomic E-state index is 0.210. The maximum absolute atomic E-state index is 13.1. The van der Waals surface area contributed by atoms with E-state index in [9.17, 15) is 23.1 Å². The van der Waals surface area contributed by atoms with Gasteiger partial charge >= 0.3 is 6.18 Å². The van der Waals surface area contributed by atoms with Crippen LogP contribution in [0, 0.1) is 5.92 Å². The van der Waals surface area contributed by atoms with Crippen molar-refractivity contribution in [2.24, 2.45) is 5.92 Å². The lowest BCUT2D eigenvalue weighted by Crippen LogP contribution is -2.16. The van der Waals surface area contributed by atoms with Crippen LogP contribution in [0.4, 0.5) is 13.2 Å². The van der Waals surface area contributed by atoms with Gasteiger partial charge in [0, 0.05) is 0 Å². The summed E-state index contributed by atoms with van der Waals surface area (Å²) in [6, 6.07) is 9.43. The lowest BCUT2D eigenvalue weighted by atomic mass is 9.90. The molecular weight excluding hydrogens is 433 g/mol. The molecule has 0 radical (unpaired) electrons. The third kappa shape index (κ3) is 5.47. The molecule has 1 atom stereocenters. The number of benzene rings is 2. The van der Waals surface area contributed by atoms with Gasteiger partial charge in [-0.15, -0.1) is 0 Å². The zero-order chi connectivity index (χ0) is 23.4. The van der Waals surface area contributed by atoms with E-state index in [0.717, 1.165) is 25.0 Å². The highest BCUT2D eigenvalue weighted by atomic mass is 19.4. The standard InChI is InChI=1S/C26H25F3O4/c27-26(28,29)20-12-9-18(10-13-20)21(30)14-11-19-16-33-23-8-4-7-22(24(23)25(19)31)32-15-17-5-2-1-3-6-17/h4,7-14,16-17,21,30H,1-3,5-6,15H2/b14-11+. The summed E-state index contributed by atoms with van der Waals surface area (Å²) in [5.74, 6) is 0.938. The molecule has 33 heavy (non-hydrogen) atoms. The van der Waals surface area contributed by atoms with Gasteiger partial charge in [0.05, 0.1) is 23.8 Å². The van der Waals surface area contributed by atoms with Gasteiger partial charge in [-0.2, -0.15) is 13.2 Å². The molecule has 7 heteroatoms. The summed E-state index contributed by atoms with van der Waals surface area (Å²) in [5.41, 5.74) is -0.200. The van der Waals surface area contributed by atoms with Crippen LogP contribution < -0.4 is 10.2 Å². The number of aliphatic hydroxyl groups is 1. The van der Waals surface area contributed by atoms with Crippen LogP contribution >= 0.6 is 0 Å². The SMILES string of the molecule is O=c1c(/C=C/C(O)c2ccc(C(F)(F)F)cc2)coc2cccc(OCC3CCCCC3)c12. The van der Waals surface area contributed by atoms with Crippen LogP contribution in [0.2, 0.25) is 0 Å². The summed E-state index contributed by atoms with van der Waals surface area (Å²) in [5, 5.41) is 10.7. The number of hydrogen-bond donors (Lipinski definition) is 1. The first-order valence-corrected chi connectivity index (χ1v) is 11.0. The molecule has 0 bridgehead atoms. The third-order valence-electron chi connectivity index (χ3n) is 6.03. The maximum Gasteiger partial charge on any atom is 0.416 e. The van der Waals surface area contributed by atoms with E-state index in [1.807, 2.05) is 0 Å². The van der Waals surface area contributed by atoms with E-state index < -0.39 is 17.8 Å². The van der Waals surface area contributed by atoms with E-state index in [2.05, 4.69) is 0 Å². The third-order valence-corrected chi connectivity index (χ3v) is 6.03. The highest BCUT2D eigenvalue weighted by molar-refractivity contribution is 5.85. The number of rotatable bonds is 6. The number of alkyl halides is 3. The molecule has 1 aliphatic rings. The van der Waals surface area contributed by atoms with Gasteiger partial charge in [0.1, 0.15) is 23.0 Å². The Labute approximate surface area is 189 Å². The smallest absolute Gasteiger partial charge is 0.416 e. The maximum atomic E-state index is 13.1.